The van der Waals surface area contributed by atoms with Crippen LogP contribution in [0.2, 0.25) is 0 Å². The van der Waals surface area contributed by atoms with Gasteiger partial charge in [0.2, 0.25) is 0 Å². The average molecular weight is 168 g/mol. The van der Waals surface area contributed by atoms with E-state index in [0.29, 0.717) is 11.8 Å². The van der Waals surface area contributed by atoms with Crippen molar-refractivity contribution in [3.8, 4) is 11.5 Å². The van der Waals surface area contributed by atoms with Crippen molar-refractivity contribution in [1.29, 1.82) is 0 Å². The van der Waals surface area contributed by atoms with E-state index >= 15 is 0 Å². The van der Waals surface area contributed by atoms with Crippen molar-refractivity contribution in [1.82, 2.24) is 0 Å². The van der Waals surface area contributed by atoms with Crippen LogP contribution in [0.5, 0.6) is 11.5 Å². The molecule has 62 valence electrons. The zero-order chi connectivity index (χ0) is 12.0. The van der Waals surface area contributed by atoms with Crippen LogP contribution in [0.4, 0.5) is 0 Å². The second-order valence-corrected chi connectivity index (χ2v) is 2.23. The van der Waals surface area contributed by atoms with E-state index in [1.165, 1.54) is 18.2 Å². The molecule has 0 aliphatic carbocycles. The van der Waals surface area contributed by atoms with Crippen LogP contribution in [-0.4, -0.2) is 19.4 Å². The number of carbonyl (C=O) groups excluding carboxylic acids is 1. The maximum Gasteiger partial charge on any atom is 0.162 e. The molecule has 0 bridgehead atoms. The molecule has 0 saturated heterocycles. The van der Waals surface area contributed by atoms with E-state index in [4.69, 9.17) is 15.0 Å². The van der Waals surface area contributed by atoms with E-state index in [2.05, 4.69) is 0 Å². The Morgan fingerprint density at radius 1 is 1.33 bits per heavy atom. The first kappa shape index (κ1) is 3.94. The first-order chi connectivity index (χ1) is 7.36. The Kier molecular flexibility index (Phi) is 0.935. The Bertz CT molecular complexity index is 444. The molecular weight excluding hydrogens is 156 g/mol. The number of hydrogen-bond acceptors (Lipinski definition) is 3. The standard InChI is InChI=1S/C9H8O3/c10-6-7-1-2-8-9(5-7)12-4-3-11-8/h1-2,5-6H,3-4H2/i3D2,4D2. The Morgan fingerprint density at radius 2 is 2.08 bits per heavy atom. The largest absolute Gasteiger partial charge is 0.486 e. The molecule has 3 heteroatoms. The van der Waals surface area contributed by atoms with E-state index in [-0.39, 0.29) is 11.5 Å². The second-order valence-electron chi connectivity index (χ2n) is 2.23. The Hall–Kier alpha value is -1.51. The predicted molar refractivity (Wildman–Crippen MR) is 42.8 cm³/mol. The van der Waals surface area contributed by atoms with Gasteiger partial charge in [-0.05, 0) is 18.2 Å². The van der Waals surface area contributed by atoms with Gasteiger partial charge in [0.05, 0.1) is 5.48 Å². The van der Waals surface area contributed by atoms with Crippen LogP contribution >= 0.6 is 0 Å². The van der Waals surface area contributed by atoms with E-state index in [1.54, 1.807) is 0 Å². The van der Waals surface area contributed by atoms with Gasteiger partial charge < -0.3 is 9.47 Å². The van der Waals surface area contributed by atoms with Crippen LogP contribution in [0.15, 0.2) is 18.2 Å². The first-order valence-electron chi connectivity index (χ1n) is 5.33. The summed E-state index contributed by atoms with van der Waals surface area (Å²) in [5.41, 5.74) is 0.306. The molecule has 0 atom stereocenters. The average Bonchev–Trinajstić information content (AvgIpc) is 2.18. The monoisotopic (exact) mass is 168 g/mol. The van der Waals surface area contributed by atoms with Crippen molar-refractivity contribution >= 4 is 6.29 Å². The summed E-state index contributed by atoms with van der Waals surface area (Å²) in [6.45, 7) is -5.16. The van der Waals surface area contributed by atoms with E-state index in [0.717, 1.165) is 0 Å². The molecule has 0 saturated carbocycles. The lowest BCUT2D eigenvalue weighted by molar-refractivity contribution is 0.112. The number of hydrogen-bond donors (Lipinski definition) is 0. The highest BCUT2D eigenvalue weighted by Crippen LogP contribution is 2.29. The van der Waals surface area contributed by atoms with Gasteiger partial charge in [-0.15, -0.1) is 0 Å². The smallest absolute Gasteiger partial charge is 0.162 e. The van der Waals surface area contributed by atoms with Gasteiger partial charge in [0.25, 0.3) is 0 Å². The highest BCUT2D eigenvalue weighted by molar-refractivity contribution is 5.76. The van der Waals surface area contributed by atoms with Gasteiger partial charge in [-0.25, -0.2) is 0 Å². The predicted octanol–water partition coefficient (Wildman–Crippen LogP) is 1.27. The fourth-order valence-electron chi connectivity index (χ4n) is 0.914. The van der Waals surface area contributed by atoms with Gasteiger partial charge in [0.15, 0.2) is 11.5 Å². The summed E-state index contributed by atoms with van der Waals surface area (Å²) in [4.78, 5) is 10.5. The van der Waals surface area contributed by atoms with Gasteiger partial charge in [-0.3, -0.25) is 4.79 Å². The van der Waals surface area contributed by atoms with Crippen LogP contribution in [0.1, 0.15) is 15.8 Å². The van der Waals surface area contributed by atoms with Gasteiger partial charge in [-0.1, -0.05) is 0 Å². The quantitative estimate of drug-likeness (QED) is 0.592. The van der Waals surface area contributed by atoms with E-state index in [9.17, 15) is 4.79 Å². The van der Waals surface area contributed by atoms with Gasteiger partial charge in [0, 0.05) is 5.56 Å². The van der Waals surface area contributed by atoms with E-state index in [1.807, 2.05) is 0 Å². The van der Waals surface area contributed by atoms with Crippen LogP contribution in [-0.2, 0) is 0 Å². The van der Waals surface area contributed by atoms with Gasteiger partial charge in [0.1, 0.15) is 19.4 Å². The molecule has 1 heterocycles. The van der Waals surface area contributed by atoms with Crippen molar-refractivity contribution in [2.75, 3.05) is 13.1 Å². The highest BCUT2D eigenvalue weighted by Gasteiger charge is 2.10. The minimum Gasteiger partial charge on any atom is -0.486 e. The zero-order valence-corrected chi connectivity index (χ0v) is 6.03. The fraction of sp³-hybridized carbons (Fsp3) is 0.222. The van der Waals surface area contributed by atoms with Crippen LogP contribution in [0.3, 0.4) is 0 Å². The lowest BCUT2D eigenvalue weighted by atomic mass is 10.2. The number of aldehydes is 1. The van der Waals surface area contributed by atoms with E-state index < -0.39 is 13.1 Å². The molecule has 2 rings (SSSR count). The maximum absolute atomic E-state index is 10.5. The van der Waals surface area contributed by atoms with Crippen LogP contribution in [0.25, 0.3) is 0 Å². The molecule has 0 aromatic heterocycles. The molecular formula is C9H8O3. The summed E-state index contributed by atoms with van der Waals surface area (Å²) < 4.78 is 39.1. The summed E-state index contributed by atoms with van der Waals surface area (Å²) in [5.74, 6) is 0.0930. The lowest BCUT2D eigenvalue weighted by Gasteiger charge is -2.17. The van der Waals surface area contributed by atoms with Crippen molar-refractivity contribution in [2.24, 2.45) is 0 Å². The lowest BCUT2D eigenvalue weighted by Crippen LogP contribution is -2.15. The second kappa shape index (κ2) is 2.85. The minimum absolute atomic E-state index is 0.0183. The molecule has 1 aliphatic rings. The zero-order valence-electron chi connectivity index (χ0n) is 10.0. The third kappa shape index (κ3) is 1.13. The summed E-state index contributed by atoms with van der Waals surface area (Å²) in [6, 6.07) is 4.10. The first-order valence-corrected chi connectivity index (χ1v) is 3.33. The molecule has 1 aliphatic heterocycles. The molecule has 3 nitrogen and oxygen atoms in total. The summed E-state index contributed by atoms with van der Waals surface area (Å²) in [7, 11) is 0. The van der Waals surface area contributed by atoms with Gasteiger partial charge >= 0.3 is 0 Å². The van der Waals surface area contributed by atoms with Crippen LogP contribution in [0, 0.1) is 0 Å². The van der Waals surface area contributed by atoms with Crippen molar-refractivity contribution in [3.05, 3.63) is 23.8 Å². The molecule has 12 heavy (non-hydrogen) atoms. The molecule has 1 aromatic carbocycles. The normalized spacial score (nSPS) is 27.3. The highest BCUT2D eigenvalue weighted by atomic mass is 16.6. The Balaban J connectivity index is 2.47. The van der Waals surface area contributed by atoms with Crippen molar-refractivity contribution in [3.63, 3.8) is 0 Å². The minimum atomic E-state index is -2.60. The number of benzene rings is 1. The third-order valence-electron chi connectivity index (χ3n) is 1.47. The molecule has 0 spiro atoms. The maximum atomic E-state index is 10.5. The van der Waals surface area contributed by atoms with Gasteiger partial charge in [-0.2, -0.15) is 0 Å². The Morgan fingerprint density at radius 3 is 2.83 bits per heavy atom. The third-order valence-corrected chi connectivity index (χ3v) is 1.47. The van der Waals surface area contributed by atoms with Crippen molar-refractivity contribution in [2.45, 2.75) is 0 Å². The fourth-order valence-corrected chi connectivity index (χ4v) is 0.914. The Labute approximate surface area is 75.5 Å². The number of fused-ring (bicyclic) bond motifs is 1. The van der Waals surface area contributed by atoms with Crippen molar-refractivity contribution < 1.29 is 19.8 Å². The number of ether oxygens (including phenoxy) is 2. The number of carbonyl (C=O) groups is 1. The summed E-state index contributed by atoms with van der Waals surface area (Å²) in [5, 5.41) is 0. The topological polar surface area (TPSA) is 35.5 Å². The molecule has 1 aromatic rings. The SMILES string of the molecule is [2H]C1([2H])Oc2ccc(C=O)cc2OC1([2H])[2H]. The van der Waals surface area contributed by atoms with Crippen LogP contribution < -0.4 is 9.47 Å². The molecule has 0 amide bonds. The molecule has 0 radical (unpaired) electrons. The molecule has 0 fully saturated rings. The molecule has 0 unspecified atom stereocenters. The summed E-state index contributed by atoms with van der Waals surface area (Å²) >= 11 is 0. The molecule has 0 N–H and O–H groups in total. The number of rotatable bonds is 1. The summed E-state index contributed by atoms with van der Waals surface area (Å²) in [6.07, 6.45) is 0.586.